The topological polar surface area (TPSA) is 61.9 Å². The van der Waals surface area contributed by atoms with E-state index in [2.05, 4.69) is 17.4 Å². The van der Waals surface area contributed by atoms with Crippen LogP contribution in [0.1, 0.15) is 31.2 Å². The van der Waals surface area contributed by atoms with E-state index >= 15 is 0 Å². The monoisotopic (exact) mass is 373 g/mol. The van der Waals surface area contributed by atoms with Crippen molar-refractivity contribution in [1.82, 2.24) is 15.1 Å². The summed E-state index contributed by atoms with van der Waals surface area (Å²) in [5.41, 5.74) is 1.27. The third-order valence-electron chi connectivity index (χ3n) is 5.37. The van der Waals surface area contributed by atoms with Crippen molar-refractivity contribution in [2.24, 2.45) is 0 Å². The number of piperidine rings is 1. The summed E-state index contributed by atoms with van der Waals surface area (Å²) in [6.07, 6.45) is 4.15. The van der Waals surface area contributed by atoms with Gasteiger partial charge in [0.15, 0.2) is 0 Å². The van der Waals surface area contributed by atoms with Gasteiger partial charge in [-0.1, -0.05) is 30.3 Å². The summed E-state index contributed by atoms with van der Waals surface area (Å²) in [7, 11) is 0. The van der Waals surface area contributed by atoms with E-state index in [1.807, 2.05) is 28.0 Å². The van der Waals surface area contributed by atoms with Crippen LogP contribution in [0.3, 0.4) is 0 Å². The normalized spacial score (nSPS) is 20.7. The number of carbonyl (C=O) groups excluding carboxylic acids is 2. The molecule has 0 aromatic heterocycles. The SMILES string of the molecule is O=C(CCCOCCc1ccccc1)N1CCCC(N2CCNCC2=O)C1. The predicted octanol–water partition coefficient (Wildman–Crippen LogP) is 1.45. The Balaban J connectivity index is 1.32. The number of benzene rings is 1. The zero-order valence-corrected chi connectivity index (χ0v) is 16.1. The number of piperazine rings is 1. The first-order chi connectivity index (χ1) is 13.2. The molecule has 0 saturated carbocycles. The first-order valence-corrected chi connectivity index (χ1v) is 10.1. The summed E-state index contributed by atoms with van der Waals surface area (Å²) in [4.78, 5) is 28.5. The molecule has 2 amide bonds. The van der Waals surface area contributed by atoms with Crippen molar-refractivity contribution in [1.29, 1.82) is 0 Å². The molecule has 2 saturated heterocycles. The Hall–Kier alpha value is -1.92. The number of hydrogen-bond donors (Lipinski definition) is 1. The van der Waals surface area contributed by atoms with Crippen LogP contribution in [0.5, 0.6) is 0 Å². The molecule has 0 bridgehead atoms. The van der Waals surface area contributed by atoms with E-state index in [1.165, 1.54) is 5.56 Å². The molecule has 2 heterocycles. The third-order valence-corrected chi connectivity index (χ3v) is 5.37. The molecule has 1 atom stereocenters. The van der Waals surface area contributed by atoms with Gasteiger partial charge in [-0.3, -0.25) is 9.59 Å². The number of nitrogens with zero attached hydrogens (tertiary/aromatic N) is 2. The van der Waals surface area contributed by atoms with Crippen LogP contribution >= 0.6 is 0 Å². The van der Waals surface area contributed by atoms with Gasteiger partial charge in [0, 0.05) is 45.2 Å². The summed E-state index contributed by atoms with van der Waals surface area (Å²) in [5, 5.41) is 3.11. The van der Waals surface area contributed by atoms with Gasteiger partial charge in [0.25, 0.3) is 0 Å². The molecule has 0 radical (unpaired) electrons. The van der Waals surface area contributed by atoms with Crippen LogP contribution in [-0.2, 0) is 20.7 Å². The maximum atomic E-state index is 12.5. The highest BCUT2D eigenvalue weighted by Gasteiger charge is 2.31. The average molecular weight is 373 g/mol. The van der Waals surface area contributed by atoms with Gasteiger partial charge in [-0.25, -0.2) is 0 Å². The van der Waals surface area contributed by atoms with Gasteiger partial charge in [0.1, 0.15) is 0 Å². The summed E-state index contributed by atoms with van der Waals surface area (Å²) in [6, 6.07) is 10.5. The number of carbonyl (C=O) groups is 2. The highest BCUT2D eigenvalue weighted by Crippen LogP contribution is 2.18. The fraction of sp³-hybridized carbons (Fsp3) is 0.619. The van der Waals surface area contributed by atoms with E-state index in [1.54, 1.807) is 0 Å². The number of amides is 2. The quantitative estimate of drug-likeness (QED) is 0.701. The zero-order valence-electron chi connectivity index (χ0n) is 16.1. The molecule has 2 fully saturated rings. The minimum atomic E-state index is 0.160. The van der Waals surface area contributed by atoms with Gasteiger partial charge >= 0.3 is 0 Å². The number of rotatable bonds is 8. The molecule has 2 aliphatic rings. The highest BCUT2D eigenvalue weighted by atomic mass is 16.5. The van der Waals surface area contributed by atoms with Gasteiger partial charge < -0.3 is 19.9 Å². The van der Waals surface area contributed by atoms with Crippen molar-refractivity contribution in [3.63, 3.8) is 0 Å². The van der Waals surface area contributed by atoms with Crippen molar-refractivity contribution in [3.8, 4) is 0 Å². The van der Waals surface area contributed by atoms with E-state index in [4.69, 9.17) is 4.74 Å². The Morgan fingerprint density at radius 1 is 1.19 bits per heavy atom. The average Bonchev–Trinajstić information content (AvgIpc) is 2.71. The molecule has 0 spiro atoms. The molecule has 6 nitrogen and oxygen atoms in total. The Labute approximate surface area is 161 Å². The molecule has 27 heavy (non-hydrogen) atoms. The number of likely N-dealkylation sites (tertiary alicyclic amines) is 1. The van der Waals surface area contributed by atoms with Crippen molar-refractivity contribution in [3.05, 3.63) is 35.9 Å². The maximum Gasteiger partial charge on any atom is 0.236 e. The van der Waals surface area contributed by atoms with Gasteiger partial charge in [-0.2, -0.15) is 0 Å². The summed E-state index contributed by atoms with van der Waals surface area (Å²) in [5.74, 6) is 0.348. The predicted molar refractivity (Wildman–Crippen MR) is 104 cm³/mol. The fourth-order valence-electron chi connectivity index (χ4n) is 3.86. The second-order valence-electron chi connectivity index (χ2n) is 7.35. The minimum absolute atomic E-state index is 0.160. The van der Waals surface area contributed by atoms with Crippen LogP contribution in [-0.4, -0.2) is 73.6 Å². The molecule has 1 N–H and O–H groups in total. The lowest BCUT2D eigenvalue weighted by Crippen LogP contribution is -2.57. The Morgan fingerprint density at radius 2 is 2.04 bits per heavy atom. The van der Waals surface area contributed by atoms with Crippen molar-refractivity contribution in [2.75, 3.05) is 45.9 Å². The van der Waals surface area contributed by atoms with Crippen LogP contribution in [0.25, 0.3) is 0 Å². The molecule has 2 aliphatic heterocycles. The molecule has 1 unspecified atom stereocenters. The van der Waals surface area contributed by atoms with Crippen LogP contribution < -0.4 is 5.32 Å². The Bertz CT molecular complexity index is 608. The van der Waals surface area contributed by atoms with Crippen LogP contribution in [0.15, 0.2) is 30.3 Å². The molecular weight excluding hydrogens is 342 g/mol. The largest absolute Gasteiger partial charge is 0.381 e. The van der Waals surface area contributed by atoms with Gasteiger partial charge in [0.2, 0.25) is 11.8 Å². The van der Waals surface area contributed by atoms with E-state index < -0.39 is 0 Å². The number of nitrogens with one attached hydrogen (secondary N) is 1. The number of ether oxygens (including phenoxy) is 1. The minimum Gasteiger partial charge on any atom is -0.381 e. The molecule has 6 heteroatoms. The van der Waals surface area contributed by atoms with E-state index in [0.29, 0.717) is 32.7 Å². The third kappa shape index (κ3) is 6.04. The standard InChI is InChI=1S/C21H31N3O3/c25-20(9-5-14-27-15-10-18-6-2-1-3-7-18)23-12-4-8-19(17-23)24-13-11-22-16-21(24)26/h1-3,6-7,19,22H,4-5,8-17H2. The van der Waals surface area contributed by atoms with Crippen LogP contribution in [0.4, 0.5) is 0 Å². The highest BCUT2D eigenvalue weighted by molar-refractivity contribution is 5.80. The second kappa shape index (κ2) is 10.4. The van der Waals surface area contributed by atoms with E-state index in [9.17, 15) is 9.59 Å². The summed E-state index contributed by atoms with van der Waals surface area (Å²) < 4.78 is 5.68. The first kappa shape index (κ1) is 19.8. The Morgan fingerprint density at radius 3 is 2.85 bits per heavy atom. The summed E-state index contributed by atoms with van der Waals surface area (Å²) in [6.45, 7) is 4.81. The van der Waals surface area contributed by atoms with Crippen molar-refractivity contribution in [2.45, 2.75) is 38.1 Å². The van der Waals surface area contributed by atoms with E-state index in [-0.39, 0.29) is 17.9 Å². The lowest BCUT2D eigenvalue weighted by molar-refractivity contribution is -0.140. The zero-order chi connectivity index (χ0) is 18.9. The molecule has 3 rings (SSSR count). The maximum absolute atomic E-state index is 12.5. The smallest absolute Gasteiger partial charge is 0.236 e. The molecule has 148 valence electrons. The van der Waals surface area contributed by atoms with Crippen LogP contribution in [0.2, 0.25) is 0 Å². The second-order valence-corrected chi connectivity index (χ2v) is 7.35. The van der Waals surface area contributed by atoms with Gasteiger partial charge in [-0.05, 0) is 31.2 Å². The fourth-order valence-corrected chi connectivity index (χ4v) is 3.86. The van der Waals surface area contributed by atoms with Crippen molar-refractivity contribution >= 4 is 11.8 Å². The Kier molecular flexibility index (Phi) is 7.66. The molecular formula is C21H31N3O3. The lowest BCUT2D eigenvalue weighted by atomic mass is 10.0. The van der Waals surface area contributed by atoms with E-state index in [0.717, 1.165) is 45.3 Å². The van der Waals surface area contributed by atoms with Crippen LogP contribution in [0, 0.1) is 0 Å². The summed E-state index contributed by atoms with van der Waals surface area (Å²) >= 11 is 0. The molecule has 0 aliphatic carbocycles. The first-order valence-electron chi connectivity index (χ1n) is 10.1. The van der Waals surface area contributed by atoms with Gasteiger partial charge in [0.05, 0.1) is 13.2 Å². The molecule has 1 aromatic carbocycles. The van der Waals surface area contributed by atoms with Gasteiger partial charge in [-0.15, -0.1) is 0 Å². The molecule has 1 aromatic rings. The lowest BCUT2D eigenvalue weighted by Gasteiger charge is -2.41. The number of hydrogen-bond acceptors (Lipinski definition) is 4. The van der Waals surface area contributed by atoms with Crippen molar-refractivity contribution < 1.29 is 14.3 Å².